The number of hydrogen-bond acceptors (Lipinski definition) is 6. The number of rotatable bonds is 10. The van der Waals surface area contributed by atoms with Crippen molar-refractivity contribution in [1.29, 1.82) is 0 Å². The first-order valence-corrected chi connectivity index (χ1v) is 11.0. The van der Waals surface area contributed by atoms with Crippen LogP contribution >= 0.6 is 0 Å². The van der Waals surface area contributed by atoms with E-state index in [0.29, 0.717) is 19.6 Å². The van der Waals surface area contributed by atoms with Crippen LogP contribution < -0.4 is 10.1 Å². The van der Waals surface area contributed by atoms with Gasteiger partial charge in [-0.3, -0.25) is 4.90 Å². The van der Waals surface area contributed by atoms with Crippen LogP contribution in [-0.2, 0) is 32.5 Å². The number of aryl methyl sites for hydroxylation is 1. The fourth-order valence-electron chi connectivity index (χ4n) is 3.96. The topological polar surface area (TPSA) is 70.8 Å². The molecule has 4 rings (SSSR count). The Hall–Kier alpha value is -2.67. The molecular weight excluding hydrogens is 390 g/mol. The summed E-state index contributed by atoms with van der Waals surface area (Å²) in [5.74, 6) is 1.62. The van der Waals surface area contributed by atoms with Gasteiger partial charge in [0.2, 0.25) is 0 Å². The van der Waals surface area contributed by atoms with Crippen molar-refractivity contribution in [2.24, 2.45) is 0 Å². The lowest BCUT2D eigenvalue weighted by atomic mass is 10.00. The second-order valence-corrected chi connectivity index (χ2v) is 8.07. The Balaban J connectivity index is 1.25. The molecule has 0 spiro atoms. The Morgan fingerprint density at radius 3 is 2.77 bits per heavy atom. The van der Waals surface area contributed by atoms with Crippen LogP contribution in [0.15, 0.2) is 59.1 Å². The molecule has 1 atom stereocenters. The lowest BCUT2D eigenvalue weighted by Gasteiger charge is -2.30. The second-order valence-electron chi connectivity index (χ2n) is 8.07. The fraction of sp³-hybridized carbons (Fsp3) is 0.400. The van der Waals surface area contributed by atoms with Gasteiger partial charge in [0.1, 0.15) is 18.5 Å². The molecule has 0 bridgehead atoms. The normalized spacial score (nSPS) is 14.9. The molecule has 0 amide bonds. The molecule has 2 aromatic carbocycles. The largest absolute Gasteiger partial charge is 0.491 e. The van der Waals surface area contributed by atoms with Gasteiger partial charge in [0, 0.05) is 37.8 Å². The van der Waals surface area contributed by atoms with E-state index in [2.05, 4.69) is 46.6 Å². The number of aliphatic hydroxyl groups excluding tert-OH is 1. The SMILES string of the molecule is CCc1cc(CNCc2ccccc2OCC(O)CN2CCc3ccccc3C2)on1. The minimum atomic E-state index is -0.534. The number of nitrogens with zero attached hydrogens (tertiary/aromatic N) is 2. The number of β-amino-alcohol motifs (C(OH)–C–C–N with tert-alkyl or cyclic N) is 1. The maximum Gasteiger partial charge on any atom is 0.150 e. The molecule has 3 aromatic rings. The van der Waals surface area contributed by atoms with Gasteiger partial charge in [-0.15, -0.1) is 0 Å². The van der Waals surface area contributed by atoms with E-state index in [1.165, 1.54) is 11.1 Å². The molecule has 2 N–H and O–H groups in total. The highest BCUT2D eigenvalue weighted by atomic mass is 16.5. The van der Waals surface area contributed by atoms with Crippen LogP contribution in [0.4, 0.5) is 0 Å². The first-order valence-electron chi connectivity index (χ1n) is 11.0. The third-order valence-corrected chi connectivity index (χ3v) is 5.67. The van der Waals surface area contributed by atoms with Crippen LogP contribution in [0.5, 0.6) is 5.75 Å². The predicted octanol–water partition coefficient (Wildman–Crippen LogP) is 3.32. The molecule has 6 heteroatoms. The summed E-state index contributed by atoms with van der Waals surface area (Å²) in [5.41, 5.74) is 4.79. The highest BCUT2D eigenvalue weighted by Crippen LogP contribution is 2.20. The van der Waals surface area contributed by atoms with Crippen LogP contribution in [0.2, 0.25) is 0 Å². The van der Waals surface area contributed by atoms with Crippen molar-refractivity contribution < 1.29 is 14.4 Å². The van der Waals surface area contributed by atoms with Crippen molar-refractivity contribution >= 4 is 0 Å². The molecule has 1 aliphatic heterocycles. The van der Waals surface area contributed by atoms with Crippen molar-refractivity contribution in [1.82, 2.24) is 15.4 Å². The molecule has 0 fully saturated rings. The van der Waals surface area contributed by atoms with Gasteiger partial charge in [-0.25, -0.2) is 0 Å². The first kappa shape index (κ1) is 21.6. The van der Waals surface area contributed by atoms with E-state index in [-0.39, 0.29) is 6.61 Å². The van der Waals surface area contributed by atoms with Gasteiger partial charge < -0.3 is 19.7 Å². The van der Waals surface area contributed by atoms with Crippen molar-refractivity contribution in [3.05, 3.63) is 82.7 Å². The monoisotopic (exact) mass is 421 g/mol. The standard InChI is InChI=1S/C25H31N3O3/c1-2-22-13-24(31-27-22)15-26-14-20-8-5-6-10-25(20)30-18-23(29)17-28-12-11-19-7-3-4-9-21(19)16-28/h3-10,13,23,26,29H,2,11-12,14-18H2,1H3. The minimum Gasteiger partial charge on any atom is -0.491 e. The molecule has 0 saturated carbocycles. The summed E-state index contributed by atoms with van der Waals surface area (Å²) in [6.45, 7) is 6.06. The van der Waals surface area contributed by atoms with E-state index >= 15 is 0 Å². The molecule has 0 aliphatic carbocycles. The first-order chi connectivity index (χ1) is 15.2. The van der Waals surface area contributed by atoms with Gasteiger partial charge in [0.15, 0.2) is 5.76 Å². The van der Waals surface area contributed by atoms with E-state index in [1.807, 2.05) is 30.3 Å². The van der Waals surface area contributed by atoms with Crippen LogP contribution in [0.1, 0.15) is 35.1 Å². The second kappa shape index (κ2) is 10.6. The van der Waals surface area contributed by atoms with E-state index in [4.69, 9.17) is 9.26 Å². The van der Waals surface area contributed by atoms with Crippen molar-refractivity contribution in [3.63, 3.8) is 0 Å². The van der Waals surface area contributed by atoms with Gasteiger partial charge in [-0.05, 0) is 30.0 Å². The van der Waals surface area contributed by atoms with Gasteiger partial charge in [-0.1, -0.05) is 54.5 Å². The summed E-state index contributed by atoms with van der Waals surface area (Å²) in [7, 11) is 0. The summed E-state index contributed by atoms with van der Waals surface area (Å²) >= 11 is 0. The molecule has 0 radical (unpaired) electrons. The van der Waals surface area contributed by atoms with Crippen molar-refractivity contribution in [2.75, 3.05) is 19.7 Å². The van der Waals surface area contributed by atoms with Crippen LogP contribution in [-0.4, -0.2) is 41.0 Å². The summed E-state index contributed by atoms with van der Waals surface area (Å²) in [5, 5.41) is 17.9. The summed E-state index contributed by atoms with van der Waals surface area (Å²) < 4.78 is 11.3. The third kappa shape index (κ3) is 5.94. The van der Waals surface area contributed by atoms with Crippen molar-refractivity contribution in [3.8, 4) is 5.75 Å². The Labute approximate surface area is 183 Å². The number of aromatic nitrogens is 1. The Morgan fingerprint density at radius 1 is 1.13 bits per heavy atom. The number of benzene rings is 2. The molecule has 2 heterocycles. The van der Waals surface area contributed by atoms with Gasteiger partial charge in [-0.2, -0.15) is 0 Å². The molecule has 6 nitrogen and oxygen atoms in total. The number of ether oxygens (including phenoxy) is 1. The molecule has 164 valence electrons. The lowest BCUT2D eigenvalue weighted by Crippen LogP contribution is -2.38. The number of hydrogen-bond donors (Lipinski definition) is 2. The maximum absolute atomic E-state index is 10.6. The number of para-hydroxylation sites is 1. The van der Waals surface area contributed by atoms with Crippen LogP contribution in [0.3, 0.4) is 0 Å². The molecule has 0 saturated heterocycles. The highest BCUT2D eigenvalue weighted by molar-refractivity contribution is 5.33. The summed E-state index contributed by atoms with van der Waals surface area (Å²) in [6, 6.07) is 18.5. The highest BCUT2D eigenvalue weighted by Gasteiger charge is 2.19. The fourth-order valence-corrected chi connectivity index (χ4v) is 3.96. The van der Waals surface area contributed by atoms with Crippen LogP contribution in [0.25, 0.3) is 0 Å². The summed E-state index contributed by atoms with van der Waals surface area (Å²) in [4.78, 5) is 2.30. The summed E-state index contributed by atoms with van der Waals surface area (Å²) in [6.07, 6.45) is 1.36. The Kier molecular flexibility index (Phi) is 7.35. The van der Waals surface area contributed by atoms with E-state index in [9.17, 15) is 5.11 Å². The Morgan fingerprint density at radius 2 is 1.94 bits per heavy atom. The average Bonchev–Trinajstić information content (AvgIpc) is 3.26. The Bertz CT molecular complexity index is 972. The quantitative estimate of drug-likeness (QED) is 0.523. The molecule has 1 unspecified atom stereocenters. The predicted molar refractivity (Wildman–Crippen MR) is 120 cm³/mol. The number of fused-ring (bicyclic) bond motifs is 1. The zero-order valence-corrected chi connectivity index (χ0v) is 18.1. The zero-order valence-electron chi connectivity index (χ0n) is 18.1. The third-order valence-electron chi connectivity index (χ3n) is 5.67. The zero-order chi connectivity index (χ0) is 21.5. The van der Waals surface area contributed by atoms with E-state index in [1.54, 1.807) is 0 Å². The number of aliphatic hydroxyl groups is 1. The van der Waals surface area contributed by atoms with Gasteiger partial charge in [0.25, 0.3) is 0 Å². The lowest BCUT2D eigenvalue weighted by molar-refractivity contribution is 0.0634. The minimum absolute atomic E-state index is 0.275. The molecular formula is C25H31N3O3. The van der Waals surface area contributed by atoms with Gasteiger partial charge in [0.05, 0.1) is 12.2 Å². The maximum atomic E-state index is 10.6. The molecule has 1 aromatic heterocycles. The smallest absolute Gasteiger partial charge is 0.150 e. The van der Waals surface area contributed by atoms with Crippen LogP contribution in [0, 0.1) is 0 Å². The number of nitrogens with one attached hydrogen (secondary N) is 1. The van der Waals surface area contributed by atoms with E-state index < -0.39 is 6.10 Å². The molecule has 31 heavy (non-hydrogen) atoms. The molecule has 1 aliphatic rings. The van der Waals surface area contributed by atoms with Gasteiger partial charge >= 0.3 is 0 Å². The van der Waals surface area contributed by atoms with E-state index in [0.717, 1.165) is 48.7 Å². The average molecular weight is 422 g/mol. The van der Waals surface area contributed by atoms with Crippen molar-refractivity contribution in [2.45, 2.75) is 45.5 Å².